The van der Waals surface area contributed by atoms with Crippen LogP contribution in [0.5, 0.6) is 0 Å². The molecule has 0 aromatic carbocycles. The number of nitrogens with one attached hydrogen (secondary N) is 1. The molecule has 0 bridgehead atoms. The average molecular weight is 237 g/mol. The molecule has 1 aromatic heterocycles. The second kappa shape index (κ2) is 5.31. The van der Waals surface area contributed by atoms with Gasteiger partial charge in [-0.2, -0.15) is 0 Å². The maximum absolute atomic E-state index is 12.0. The zero-order chi connectivity index (χ0) is 12.3. The van der Waals surface area contributed by atoms with Crippen molar-refractivity contribution in [1.82, 2.24) is 15.4 Å². The fourth-order valence-corrected chi connectivity index (χ4v) is 2.06. The van der Waals surface area contributed by atoms with Crippen LogP contribution in [-0.2, 0) is 11.3 Å². The van der Waals surface area contributed by atoms with Gasteiger partial charge in [0.25, 0.3) is 0 Å². The molecule has 1 N–H and O–H groups in total. The Morgan fingerprint density at radius 1 is 1.59 bits per heavy atom. The van der Waals surface area contributed by atoms with Gasteiger partial charge < -0.3 is 14.7 Å². The summed E-state index contributed by atoms with van der Waals surface area (Å²) >= 11 is 0. The van der Waals surface area contributed by atoms with Gasteiger partial charge in [0.05, 0.1) is 11.7 Å². The number of amides is 1. The molecule has 2 rings (SSSR count). The van der Waals surface area contributed by atoms with Crippen molar-refractivity contribution in [3.63, 3.8) is 0 Å². The van der Waals surface area contributed by atoms with Gasteiger partial charge >= 0.3 is 0 Å². The normalized spacial score (nSPS) is 17.4. The number of nitrogens with zero attached hydrogens (tertiary/aromatic N) is 2. The van der Waals surface area contributed by atoms with E-state index >= 15 is 0 Å². The van der Waals surface area contributed by atoms with E-state index in [0.29, 0.717) is 6.54 Å². The number of carbonyl (C=O) groups excluding carboxylic acids is 1. The number of hydrogen-bond donors (Lipinski definition) is 1. The molecule has 1 aliphatic rings. The van der Waals surface area contributed by atoms with Gasteiger partial charge in [-0.25, -0.2) is 0 Å². The third kappa shape index (κ3) is 3.06. The fourth-order valence-electron chi connectivity index (χ4n) is 2.06. The lowest BCUT2D eigenvalue weighted by Gasteiger charge is -2.20. The molecule has 0 spiro atoms. The minimum absolute atomic E-state index is 0.162. The van der Waals surface area contributed by atoms with Crippen molar-refractivity contribution < 1.29 is 9.32 Å². The molecule has 1 fully saturated rings. The van der Waals surface area contributed by atoms with Crippen LogP contribution in [0.2, 0.25) is 0 Å². The van der Waals surface area contributed by atoms with Crippen LogP contribution < -0.4 is 5.32 Å². The van der Waals surface area contributed by atoms with E-state index in [4.69, 9.17) is 4.52 Å². The van der Waals surface area contributed by atoms with Crippen LogP contribution in [0.3, 0.4) is 0 Å². The van der Waals surface area contributed by atoms with Crippen molar-refractivity contribution in [3.05, 3.63) is 17.5 Å². The van der Waals surface area contributed by atoms with Crippen molar-refractivity contribution in [2.45, 2.75) is 39.3 Å². The van der Waals surface area contributed by atoms with E-state index in [2.05, 4.69) is 10.5 Å². The van der Waals surface area contributed by atoms with E-state index in [1.54, 1.807) is 0 Å². The van der Waals surface area contributed by atoms with Crippen molar-refractivity contribution >= 4 is 5.91 Å². The van der Waals surface area contributed by atoms with E-state index < -0.39 is 0 Å². The van der Waals surface area contributed by atoms with Gasteiger partial charge in [-0.05, 0) is 26.7 Å². The number of likely N-dealkylation sites (tertiary alicyclic amines) is 1. The molecule has 5 heteroatoms. The molecular weight excluding hydrogens is 218 g/mol. The summed E-state index contributed by atoms with van der Waals surface area (Å²) in [5.74, 6) is 0.975. The predicted octanol–water partition coefficient (Wildman–Crippen LogP) is 1.08. The Hall–Kier alpha value is -1.36. The van der Waals surface area contributed by atoms with E-state index in [1.807, 2.05) is 24.8 Å². The SMILES string of the molecule is Cc1cc(CNC(C)C(=O)N2CCCC2)no1. The lowest BCUT2D eigenvalue weighted by atomic mass is 10.2. The van der Waals surface area contributed by atoms with Crippen molar-refractivity contribution in [2.24, 2.45) is 0 Å². The Bertz CT molecular complexity index is 383. The first-order chi connectivity index (χ1) is 8.16. The summed E-state index contributed by atoms with van der Waals surface area (Å²) in [7, 11) is 0. The van der Waals surface area contributed by atoms with Crippen molar-refractivity contribution in [1.29, 1.82) is 0 Å². The quantitative estimate of drug-likeness (QED) is 0.851. The van der Waals surface area contributed by atoms with Gasteiger partial charge in [-0.1, -0.05) is 5.16 Å². The van der Waals surface area contributed by atoms with Gasteiger partial charge in [0.15, 0.2) is 0 Å². The first-order valence-corrected chi connectivity index (χ1v) is 6.11. The Balaban J connectivity index is 1.80. The molecule has 0 saturated carbocycles. The zero-order valence-corrected chi connectivity index (χ0v) is 10.4. The Morgan fingerprint density at radius 3 is 2.88 bits per heavy atom. The number of rotatable bonds is 4. The van der Waals surface area contributed by atoms with Crippen LogP contribution in [-0.4, -0.2) is 35.1 Å². The molecule has 1 aromatic rings. The molecule has 1 aliphatic heterocycles. The molecule has 1 saturated heterocycles. The van der Waals surface area contributed by atoms with E-state index in [9.17, 15) is 4.79 Å². The maximum atomic E-state index is 12.0. The zero-order valence-electron chi connectivity index (χ0n) is 10.4. The molecule has 0 radical (unpaired) electrons. The van der Waals surface area contributed by atoms with E-state index in [1.165, 1.54) is 0 Å². The summed E-state index contributed by atoms with van der Waals surface area (Å²) in [6, 6.07) is 1.71. The minimum Gasteiger partial charge on any atom is -0.361 e. The highest BCUT2D eigenvalue weighted by Gasteiger charge is 2.22. The van der Waals surface area contributed by atoms with Gasteiger partial charge in [0, 0.05) is 25.7 Å². The third-order valence-electron chi connectivity index (χ3n) is 3.05. The van der Waals surface area contributed by atoms with Gasteiger partial charge in [0.1, 0.15) is 5.76 Å². The maximum Gasteiger partial charge on any atom is 0.239 e. The summed E-state index contributed by atoms with van der Waals surface area (Å²) < 4.78 is 4.97. The second-order valence-corrected chi connectivity index (χ2v) is 4.56. The standard InChI is InChI=1S/C12H19N3O2/c1-9-7-11(14-17-9)8-13-10(2)12(16)15-5-3-4-6-15/h7,10,13H,3-6,8H2,1-2H3. The highest BCUT2D eigenvalue weighted by atomic mass is 16.5. The second-order valence-electron chi connectivity index (χ2n) is 4.56. The predicted molar refractivity (Wildman–Crippen MR) is 63.4 cm³/mol. The lowest BCUT2D eigenvalue weighted by molar-refractivity contribution is -0.132. The molecule has 1 amide bonds. The summed E-state index contributed by atoms with van der Waals surface area (Å²) in [6.45, 7) is 6.11. The highest BCUT2D eigenvalue weighted by Crippen LogP contribution is 2.09. The molecule has 94 valence electrons. The third-order valence-corrected chi connectivity index (χ3v) is 3.05. The number of aryl methyl sites for hydroxylation is 1. The molecule has 0 aliphatic carbocycles. The Morgan fingerprint density at radius 2 is 2.29 bits per heavy atom. The molecule has 1 atom stereocenters. The van der Waals surface area contributed by atoms with Gasteiger partial charge in [-0.15, -0.1) is 0 Å². The lowest BCUT2D eigenvalue weighted by Crippen LogP contribution is -2.43. The number of hydrogen-bond acceptors (Lipinski definition) is 4. The smallest absolute Gasteiger partial charge is 0.239 e. The van der Waals surface area contributed by atoms with E-state index in [-0.39, 0.29) is 11.9 Å². The molecular formula is C12H19N3O2. The van der Waals surface area contributed by atoms with Crippen molar-refractivity contribution in [3.8, 4) is 0 Å². The van der Waals surface area contributed by atoms with Crippen molar-refractivity contribution in [2.75, 3.05) is 13.1 Å². The monoisotopic (exact) mass is 237 g/mol. The van der Waals surface area contributed by atoms with Gasteiger partial charge in [-0.3, -0.25) is 4.79 Å². The van der Waals surface area contributed by atoms with Crippen LogP contribution in [0.1, 0.15) is 31.2 Å². The summed E-state index contributed by atoms with van der Waals surface area (Å²) in [5, 5.41) is 7.06. The number of aromatic nitrogens is 1. The fraction of sp³-hybridized carbons (Fsp3) is 0.667. The molecule has 1 unspecified atom stereocenters. The van der Waals surface area contributed by atoms with Crippen LogP contribution in [0, 0.1) is 6.92 Å². The molecule has 2 heterocycles. The first-order valence-electron chi connectivity index (χ1n) is 6.11. The first kappa shape index (κ1) is 12.1. The summed E-state index contributed by atoms with van der Waals surface area (Å²) in [6.07, 6.45) is 2.25. The van der Waals surface area contributed by atoms with Crippen LogP contribution in [0.15, 0.2) is 10.6 Å². The summed E-state index contributed by atoms with van der Waals surface area (Å²) in [4.78, 5) is 13.9. The summed E-state index contributed by atoms with van der Waals surface area (Å²) in [5.41, 5.74) is 0.837. The topological polar surface area (TPSA) is 58.4 Å². The largest absolute Gasteiger partial charge is 0.361 e. The minimum atomic E-state index is -0.162. The molecule has 17 heavy (non-hydrogen) atoms. The van der Waals surface area contributed by atoms with Crippen LogP contribution in [0.4, 0.5) is 0 Å². The van der Waals surface area contributed by atoms with E-state index in [0.717, 1.165) is 37.4 Å². The Kier molecular flexibility index (Phi) is 3.78. The van der Waals surface area contributed by atoms with Crippen LogP contribution in [0.25, 0.3) is 0 Å². The molecule has 5 nitrogen and oxygen atoms in total. The average Bonchev–Trinajstić information content (AvgIpc) is 2.95. The van der Waals surface area contributed by atoms with Crippen LogP contribution >= 0.6 is 0 Å². The van der Waals surface area contributed by atoms with Gasteiger partial charge in [0.2, 0.25) is 5.91 Å². The Labute approximate surface area is 101 Å². The number of carbonyl (C=O) groups is 1. The highest BCUT2D eigenvalue weighted by molar-refractivity contribution is 5.81.